The summed E-state index contributed by atoms with van der Waals surface area (Å²) in [6.07, 6.45) is 0.00419. The number of nitrogens with one attached hydrogen (secondary N) is 1. The SMILES string of the molecule is CC(C)Oc1ccccc1C(=O)Nc1nnc(SC(C)C)s1. The van der Waals surface area contributed by atoms with Crippen LogP contribution in [-0.2, 0) is 0 Å². The van der Waals surface area contributed by atoms with Crippen LogP contribution in [0.5, 0.6) is 5.75 Å². The van der Waals surface area contributed by atoms with Gasteiger partial charge in [-0.2, -0.15) is 0 Å². The van der Waals surface area contributed by atoms with Gasteiger partial charge in [0.05, 0.1) is 11.7 Å². The predicted octanol–water partition coefficient (Wildman–Crippen LogP) is 4.08. The average Bonchev–Trinajstić information content (AvgIpc) is 2.84. The summed E-state index contributed by atoms with van der Waals surface area (Å²) in [4.78, 5) is 12.4. The maximum absolute atomic E-state index is 12.4. The smallest absolute Gasteiger partial charge is 0.261 e. The average molecular weight is 337 g/mol. The molecule has 118 valence electrons. The van der Waals surface area contributed by atoms with E-state index in [2.05, 4.69) is 29.4 Å². The first-order valence-electron chi connectivity index (χ1n) is 7.03. The highest BCUT2D eigenvalue weighted by molar-refractivity contribution is 8.01. The molecular formula is C15H19N3O2S2. The Kier molecular flexibility index (Phi) is 5.79. The van der Waals surface area contributed by atoms with Crippen LogP contribution in [0.25, 0.3) is 0 Å². The molecule has 0 aliphatic carbocycles. The van der Waals surface area contributed by atoms with E-state index in [0.717, 1.165) is 4.34 Å². The first kappa shape index (κ1) is 16.8. The molecule has 1 aromatic carbocycles. The van der Waals surface area contributed by atoms with Crippen molar-refractivity contribution >= 4 is 34.1 Å². The van der Waals surface area contributed by atoms with Crippen LogP contribution in [0.4, 0.5) is 5.13 Å². The number of hydrogen-bond acceptors (Lipinski definition) is 6. The zero-order valence-corrected chi connectivity index (χ0v) is 14.6. The van der Waals surface area contributed by atoms with Crippen molar-refractivity contribution in [2.45, 2.75) is 43.4 Å². The number of amides is 1. The number of hydrogen-bond donors (Lipinski definition) is 1. The lowest BCUT2D eigenvalue weighted by Crippen LogP contribution is -2.15. The number of carbonyl (C=O) groups is 1. The van der Waals surface area contributed by atoms with E-state index in [0.29, 0.717) is 21.7 Å². The lowest BCUT2D eigenvalue weighted by Gasteiger charge is -2.13. The minimum atomic E-state index is -0.242. The van der Waals surface area contributed by atoms with Crippen LogP contribution in [-0.4, -0.2) is 27.5 Å². The number of nitrogens with zero attached hydrogens (tertiary/aromatic N) is 2. The van der Waals surface area contributed by atoms with Gasteiger partial charge in [0.25, 0.3) is 5.91 Å². The van der Waals surface area contributed by atoms with E-state index in [-0.39, 0.29) is 12.0 Å². The van der Waals surface area contributed by atoms with Crippen molar-refractivity contribution in [2.75, 3.05) is 5.32 Å². The number of anilines is 1. The monoisotopic (exact) mass is 337 g/mol. The summed E-state index contributed by atoms with van der Waals surface area (Å²) < 4.78 is 6.51. The fraction of sp³-hybridized carbons (Fsp3) is 0.400. The van der Waals surface area contributed by atoms with Crippen LogP contribution >= 0.6 is 23.1 Å². The van der Waals surface area contributed by atoms with Crippen molar-refractivity contribution in [3.8, 4) is 5.75 Å². The lowest BCUT2D eigenvalue weighted by atomic mass is 10.2. The Labute approximate surface area is 138 Å². The largest absolute Gasteiger partial charge is 0.490 e. The van der Waals surface area contributed by atoms with Crippen LogP contribution in [0.15, 0.2) is 28.6 Å². The second-order valence-corrected chi connectivity index (χ2v) is 7.96. The van der Waals surface area contributed by atoms with E-state index in [1.165, 1.54) is 11.3 Å². The standard InChI is InChI=1S/C15H19N3O2S2/c1-9(2)20-12-8-6-5-7-11(12)13(19)16-14-17-18-15(22-14)21-10(3)4/h5-10H,1-4H3,(H,16,17,19). The Morgan fingerprint density at radius 2 is 1.95 bits per heavy atom. The topological polar surface area (TPSA) is 64.1 Å². The lowest BCUT2D eigenvalue weighted by molar-refractivity contribution is 0.102. The van der Waals surface area contributed by atoms with Crippen molar-refractivity contribution in [3.63, 3.8) is 0 Å². The van der Waals surface area contributed by atoms with Crippen molar-refractivity contribution in [1.29, 1.82) is 0 Å². The van der Waals surface area contributed by atoms with Gasteiger partial charge in [-0.25, -0.2) is 0 Å². The van der Waals surface area contributed by atoms with Gasteiger partial charge in [-0.05, 0) is 26.0 Å². The van der Waals surface area contributed by atoms with Gasteiger partial charge in [-0.1, -0.05) is 49.1 Å². The highest BCUT2D eigenvalue weighted by Gasteiger charge is 2.15. The summed E-state index contributed by atoms with van der Waals surface area (Å²) in [5.41, 5.74) is 0.490. The molecule has 0 aliphatic rings. The minimum Gasteiger partial charge on any atom is -0.490 e. The van der Waals surface area contributed by atoms with E-state index < -0.39 is 0 Å². The number of para-hydroxylation sites is 1. The first-order valence-corrected chi connectivity index (χ1v) is 8.72. The van der Waals surface area contributed by atoms with E-state index in [9.17, 15) is 4.79 Å². The van der Waals surface area contributed by atoms with Gasteiger partial charge in [0.15, 0.2) is 4.34 Å². The molecule has 5 nitrogen and oxygen atoms in total. The molecule has 0 unspecified atom stereocenters. The normalized spacial score (nSPS) is 11.0. The minimum absolute atomic E-state index is 0.00419. The number of rotatable bonds is 6. The highest BCUT2D eigenvalue weighted by atomic mass is 32.2. The molecule has 0 bridgehead atoms. The van der Waals surface area contributed by atoms with Crippen molar-refractivity contribution in [2.24, 2.45) is 0 Å². The fourth-order valence-corrected chi connectivity index (χ4v) is 3.66. The Balaban J connectivity index is 2.10. The summed E-state index contributed by atoms with van der Waals surface area (Å²) in [7, 11) is 0. The van der Waals surface area contributed by atoms with Crippen molar-refractivity contribution in [3.05, 3.63) is 29.8 Å². The second kappa shape index (κ2) is 7.60. The molecule has 0 aliphatic heterocycles. The van der Waals surface area contributed by atoms with Crippen LogP contribution in [0.1, 0.15) is 38.1 Å². The quantitative estimate of drug-likeness (QED) is 0.635. The van der Waals surface area contributed by atoms with Gasteiger partial charge in [0.1, 0.15) is 5.75 Å². The van der Waals surface area contributed by atoms with E-state index in [1.807, 2.05) is 26.0 Å². The highest BCUT2D eigenvalue weighted by Crippen LogP contribution is 2.29. The molecule has 1 N–H and O–H groups in total. The molecule has 1 heterocycles. The number of ether oxygens (including phenoxy) is 1. The molecule has 22 heavy (non-hydrogen) atoms. The third kappa shape index (κ3) is 4.71. The number of thioether (sulfide) groups is 1. The molecule has 0 atom stereocenters. The Hall–Kier alpha value is -1.60. The van der Waals surface area contributed by atoms with Gasteiger partial charge < -0.3 is 4.74 Å². The van der Waals surface area contributed by atoms with Crippen molar-refractivity contribution in [1.82, 2.24) is 10.2 Å². The Morgan fingerprint density at radius 3 is 2.64 bits per heavy atom. The van der Waals surface area contributed by atoms with Gasteiger partial charge >= 0.3 is 0 Å². The molecule has 0 saturated carbocycles. The van der Waals surface area contributed by atoms with Crippen LogP contribution in [0, 0.1) is 0 Å². The zero-order chi connectivity index (χ0) is 16.1. The first-order chi connectivity index (χ1) is 10.5. The van der Waals surface area contributed by atoms with Gasteiger partial charge in [0.2, 0.25) is 5.13 Å². The Bertz CT molecular complexity index is 641. The molecular weight excluding hydrogens is 318 g/mol. The fourth-order valence-electron chi connectivity index (χ4n) is 1.68. The number of aromatic nitrogens is 2. The van der Waals surface area contributed by atoms with E-state index in [4.69, 9.17) is 4.74 Å². The predicted molar refractivity (Wildman–Crippen MR) is 91.1 cm³/mol. The van der Waals surface area contributed by atoms with E-state index >= 15 is 0 Å². The second-order valence-electron chi connectivity index (χ2n) is 5.16. The summed E-state index contributed by atoms with van der Waals surface area (Å²) in [6.45, 7) is 8.03. The maximum Gasteiger partial charge on any atom is 0.261 e. The zero-order valence-electron chi connectivity index (χ0n) is 13.0. The van der Waals surface area contributed by atoms with Gasteiger partial charge in [-0.3, -0.25) is 10.1 Å². The molecule has 0 saturated heterocycles. The summed E-state index contributed by atoms with van der Waals surface area (Å²) >= 11 is 2.99. The van der Waals surface area contributed by atoms with Crippen LogP contribution in [0.3, 0.4) is 0 Å². The van der Waals surface area contributed by atoms with Crippen molar-refractivity contribution < 1.29 is 9.53 Å². The number of carbonyl (C=O) groups excluding carboxylic acids is 1. The summed E-state index contributed by atoms with van der Waals surface area (Å²) in [6, 6.07) is 7.17. The third-order valence-electron chi connectivity index (χ3n) is 2.46. The van der Waals surface area contributed by atoms with Crippen LogP contribution < -0.4 is 10.1 Å². The molecule has 1 amide bonds. The molecule has 2 rings (SSSR count). The molecule has 7 heteroatoms. The molecule has 0 fully saturated rings. The summed E-state index contributed by atoms with van der Waals surface area (Å²) in [5.74, 6) is 0.324. The van der Waals surface area contributed by atoms with E-state index in [1.54, 1.807) is 23.9 Å². The maximum atomic E-state index is 12.4. The molecule has 0 radical (unpaired) electrons. The summed E-state index contributed by atoms with van der Waals surface area (Å²) in [5, 5.41) is 11.8. The van der Waals surface area contributed by atoms with Gasteiger partial charge in [0, 0.05) is 5.25 Å². The molecule has 1 aromatic heterocycles. The Morgan fingerprint density at radius 1 is 1.23 bits per heavy atom. The molecule has 0 spiro atoms. The van der Waals surface area contributed by atoms with Gasteiger partial charge in [-0.15, -0.1) is 10.2 Å². The number of benzene rings is 1. The third-order valence-corrected chi connectivity index (χ3v) is 4.38. The molecule has 2 aromatic rings. The van der Waals surface area contributed by atoms with Crippen LogP contribution in [0.2, 0.25) is 0 Å².